The molecule has 0 spiro atoms. The quantitative estimate of drug-likeness (QED) is 0.870. The Morgan fingerprint density at radius 2 is 1.60 bits per heavy atom. The molecule has 1 fully saturated rings. The number of hydrogen-bond acceptors (Lipinski definition) is 1. The largest absolute Gasteiger partial charge is 0.388 e. The summed E-state index contributed by atoms with van der Waals surface area (Å²) in [6, 6.07) is 14.9. The monoisotopic (exact) mass is 266 g/mol. The van der Waals surface area contributed by atoms with Gasteiger partial charge in [0.2, 0.25) is 0 Å². The summed E-state index contributed by atoms with van der Waals surface area (Å²) in [6.07, 6.45) is 0.761. The van der Waals surface area contributed by atoms with Crippen LogP contribution in [-0.4, -0.2) is 5.11 Å². The highest BCUT2D eigenvalue weighted by atomic mass is 16.3. The fourth-order valence-electron chi connectivity index (χ4n) is 3.18. The first-order valence-electron chi connectivity index (χ1n) is 7.38. The number of hydrogen-bond donors (Lipinski definition) is 1. The number of rotatable bonds is 3. The van der Waals surface area contributed by atoms with E-state index in [1.54, 1.807) is 0 Å². The molecule has 0 aliphatic heterocycles. The molecule has 104 valence electrons. The van der Waals surface area contributed by atoms with Crippen LogP contribution in [0.15, 0.2) is 42.5 Å². The summed E-state index contributed by atoms with van der Waals surface area (Å²) in [7, 11) is 0. The maximum atomic E-state index is 10.7. The molecule has 3 rings (SSSR count). The van der Waals surface area contributed by atoms with Crippen molar-refractivity contribution in [2.45, 2.75) is 39.2 Å². The molecule has 0 saturated heterocycles. The molecule has 0 aromatic heterocycles. The Morgan fingerprint density at radius 3 is 2.30 bits per heavy atom. The van der Waals surface area contributed by atoms with E-state index in [1.165, 1.54) is 22.3 Å². The molecule has 0 amide bonds. The van der Waals surface area contributed by atoms with Crippen LogP contribution in [0.2, 0.25) is 0 Å². The van der Waals surface area contributed by atoms with Gasteiger partial charge >= 0.3 is 0 Å². The van der Waals surface area contributed by atoms with E-state index in [2.05, 4.69) is 57.2 Å². The topological polar surface area (TPSA) is 20.2 Å². The van der Waals surface area contributed by atoms with Crippen LogP contribution >= 0.6 is 0 Å². The van der Waals surface area contributed by atoms with Gasteiger partial charge in [-0.05, 0) is 66.8 Å². The molecule has 2 aromatic rings. The first-order valence-corrected chi connectivity index (χ1v) is 7.38. The predicted molar refractivity (Wildman–Crippen MR) is 82.9 cm³/mol. The summed E-state index contributed by atoms with van der Waals surface area (Å²) in [4.78, 5) is 0. The maximum Gasteiger partial charge on any atom is 0.0826 e. The van der Waals surface area contributed by atoms with E-state index in [0.717, 1.165) is 12.0 Å². The van der Waals surface area contributed by atoms with E-state index in [9.17, 15) is 5.11 Å². The van der Waals surface area contributed by atoms with Crippen molar-refractivity contribution < 1.29 is 5.11 Å². The molecule has 3 unspecified atom stereocenters. The SMILES string of the molecule is Cc1cc(C)c(C(O)C2CC2c2ccccc2)cc1C. The molecule has 1 aliphatic carbocycles. The fourth-order valence-corrected chi connectivity index (χ4v) is 3.18. The molecule has 3 atom stereocenters. The van der Waals surface area contributed by atoms with Crippen molar-refractivity contribution in [2.75, 3.05) is 0 Å². The van der Waals surface area contributed by atoms with Crippen LogP contribution in [0.25, 0.3) is 0 Å². The van der Waals surface area contributed by atoms with Crippen LogP contribution in [0, 0.1) is 26.7 Å². The second-order valence-corrected chi connectivity index (χ2v) is 6.15. The van der Waals surface area contributed by atoms with Crippen LogP contribution in [0.4, 0.5) is 0 Å². The van der Waals surface area contributed by atoms with E-state index in [0.29, 0.717) is 11.8 Å². The van der Waals surface area contributed by atoms with Crippen molar-refractivity contribution in [2.24, 2.45) is 5.92 Å². The minimum absolute atomic E-state index is 0.334. The number of aliphatic hydroxyl groups is 1. The molecule has 0 heterocycles. The van der Waals surface area contributed by atoms with Gasteiger partial charge in [0.05, 0.1) is 6.10 Å². The Kier molecular flexibility index (Phi) is 3.39. The predicted octanol–water partition coefficient (Wildman–Crippen LogP) is 4.45. The minimum Gasteiger partial charge on any atom is -0.388 e. The standard InChI is InChI=1S/C19H22O/c1-12-9-14(3)16(10-13(12)2)19(20)18-11-17(18)15-7-5-4-6-8-15/h4-10,17-20H,11H2,1-3H3. The van der Waals surface area contributed by atoms with Crippen molar-refractivity contribution in [3.8, 4) is 0 Å². The first-order chi connectivity index (χ1) is 9.58. The number of benzene rings is 2. The van der Waals surface area contributed by atoms with Crippen molar-refractivity contribution in [1.82, 2.24) is 0 Å². The lowest BCUT2D eigenvalue weighted by Crippen LogP contribution is -2.05. The van der Waals surface area contributed by atoms with E-state index in [1.807, 2.05) is 6.07 Å². The summed E-state index contributed by atoms with van der Waals surface area (Å²) in [6.45, 7) is 6.35. The minimum atomic E-state index is -0.334. The Hall–Kier alpha value is -1.60. The molecule has 1 heteroatoms. The Labute approximate surface area is 121 Å². The van der Waals surface area contributed by atoms with Gasteiger partial charge in [-0.3, -0.25) is 0 Å². The molecule has 0 radical (unpaired) electrons. The molecular weight excluding hydrogens is 244 g/mol. The maximum absolute atomic E-state index is 10.7. The van der Waals surface area contributed by atoms with Crippen molar-refractivity contribution in [3.63, 3.8) is 0 Å². The van der Waals surface area contributed by atoms with Gasteiger partial charge < -0.3 is 5.11 Å². The first kappa shape index (κ1) is 13.4. The van der Waals surface area contributed by atoms with E-state index >= 15 is 0 Å². The Bertz CT molecular complexity index is 615. The number of aryl methyl sites for hydroxylation is 3. The third-order valence-electron chi connectivity index (χ3n) is 4.67. The molecule has 0 bridgehead atoms. The van der Waals surface area contributed by atoms with Gasteiger partial charge in [-0.1, -0.05) is 42.5 Å². The lowest BCUT2D eigenvalue weighted by Gasteiger charge is -2.16. The molecule has 1 N–H and O–H groups in total. The van der Waals surface area contributed by atoms with Gasteiger partial charge in [-0.15, -0.1) is 0 Å². The van der Waals surface area contributed by atoms with Crippen LogP contribution in [-0.2, 0) is 0 Å². The Balaban J connectivity index is 1.82. The molecule has 1 nitrogen and oxygen atoms in total. The van der Waals surface area contributed by atoms with Crippen molar-refractivity contribution >= 4 is 0 Å². The van der Waals surface area contributed by atoms with Gasteiger partial charge in [0, 0.05) is 0 Å². The van der Waals surface area contributed by atoms with Gasteiger partial charge in [-0.2, -0.15) is 0 Å². The lowest BCUT2D eigenvalue weighted by atomic mass is 9.94. The molecule has 20 heavy (non-hydrogen) atoms. The lowest BCUT2D eigenvalue weighted by molar-refractivity contribution is 0.150. The van der Waals surface area contributed by atoms with Crippen LogP contribution < -0.4 is 0 Å². The van der Waals surface area contributed by atoms with E-state index in [-0.39, 0.29) is 6.10 Å². The average Bonchev–Trinajstić information content (AvgIpc) is 3.23. The zero-order valence-electron chi connectivity index (χ0n) is 12.4. The van der Waals surface area contributed by atoms with Gasteiger partial charge in [-0.25, -0.2) is 0 Å². The third-order valence-corrected chi connectivity index (χ3v) is 4.67. The average molecular weight is 266 g/mol. The highest BCUT2D eigenvalue weighted by molar-refractivity contribution is 5.39. The van der Waals surface area contributed by atoms with Gasteiger partial charge in [0.15, 0.2) is 0 Å². The van der Waals surface area contributed by atoms with E-state index < -0.39 is 0 Å². The molecular formula is C19H22O. The van der Waals surface area contributed by atoms with Crippen LogP contribution in [0.3, 0.4) is 0 Å². The molecule has 1 saturated carbocycles. The molecule has 2 aromatic carbocycles. The summed E-state index contributed by atoms with van der Waals surface area (Å²) in [5, 5.41) is 10.7. The number of aliphatic hydroxyl groups excluding tert-OH is 1. The highest BCUT2D eigenvalue weighted by Crippen LogP contribution is 2.54. The normalized spacial score (nSPS) is 22.6. The van der Waals surface area contributed by atoms with Crippen LogP contribution in [0.1, 0.15) is 46.3 Å². The summed E-state index contributed by atoms with van der Waals surface area (Å²) >= 11 is 0. The zero-order chi connectivity index (χ0) is 14.3. The summed E-state index contributed by atoms with van der Waals surface area (Å²) < 4.78 is 0. The van der Waals surface area contributed by atoms with Crippen LogP contribution in [0.5, 0.6) is 0 Å². The molecule has 1 aliphatic rings. The third kappa shape index (κ3) is 2.38. The van der Waals surface area contributed by atoms with E-state index in [4.69, 9.17) is 0 Å². The van der Waals surface area contributed by atoms with Gasteiger partial charge in [0.1, 0.15) is 0 Å². The smallest absolute Gasteiger partial charge is 0.0826 e. The highest BCUT2D eigenvalue weighted by Gasteiger charge is 2.44. The zero-order valence-corrected chi connectivity index (χ0v) is 12.4. The second-order valence-electron chi connectivity index (χ2n) is 6.15. The van der Waals surface area contributed by atoms with Gasteiger partial charge in [0.25, 0.3) is 0 Å². The fraction of sp³-hybridized carbons (Fsp3) is 0.368. The van der Waals surface area contributed by atoms with Crippen molar-refractivity contribution in [3.05, 3.63) is 70.3 Å². The summed E-state index contributed by atoms with van der Waals surface area (Å²) in [5.74, 6) is 0.894. The second kappa shape index (κ2) is 5.06. The van der Waals surface area contributed by atoms with Crippen molar-refractivity contribution in [1.29, 1.82) is 0 Å². The Morgan fingerprint density at radius 1 is 0.950 bits per heavy atom. The summed E-state index contributed by atoms with van der Waals surface area (Å²) in [5.41, 5.74) is 6.24.